The molecule has 98 valence electrons. The number of anilines is 1. The number of aromatic nitrogens is 2. The second-order valence-electron chi connectivity index (χ2n) is 3.37. The summed E-state index contributed by atoms with van der Waals surface area (Å²) in [5, 5.41) is 10.4. The van der Waals surface area contributed by atoms with E-state index in [1.54, 1.807) is 0 Å². The smallest absolute Gasteiger partial charge is 0.307 e. The summed E-state index contributed by atoms with van der Waals surface area (Å²) in [5.41, 5.74) is 4.31. The number of rotatable bonds is 3. The molecule has 0 aliphatic heterocycles. The van der Waals surface area contributed by atoms with Crippen molar-refractivity contribution in [3.05, 3.63) is 46.3 Å². The average Bonchev–Trinajstić information content (AvgIpc) is 2.35. The molecule has 0 saturated heterocycles. The minimum Gasteiger partial charge on any atom is -0.434 e. The molecule has 2 N–H and O–H groups in total. The first kappa shape index (κ1) is 12.6. The highest BCUT2D eigenvalue weighted by molar-refractivity contribution is 5.40. The van der Waals surface area contributed by atoms with Crippen LogP contribution >= 0.6 is 0 Å². The number of benzene rings is 1. The van der Waals surface area contributed by atoms with Crippen molar-refractivity contribution in [2.24, 2.45) is 0 Å². The third-order valence-electron chi connectivity index (χ3n) is 2.06. The first-order valence-corrected chi connectivity index (χ1v) is 4.86. The molecule has 1 heterocycles. The standard InChI is InChI=1S/C10H6F2N4O3/c11-5-2-8(6(12)1-7(5)16(17)18)19-10-4-14-9(13)3-15-10/h1-4H,(H2,13,14). The largest absolute Gasteiger partial charge is 0.434 e. The topological polar surface area (TPSA) is 104 Å². The molecule has 0 aliphatic rings. The lowest BCUT2D eigenvalue weighted by molar-refractivity contribution is -0.387. The van der Waals surface area contributed by atoms with Gasteiger partial charge in [-0.1, -0.05) is 0 Å². The van der Waals surface area contributed by atoms with Gasteiger partial charge in [-0.05, 0) is 0 Å². The normalized spacial score (nSPS) is 10.2. The monoisotopic (exact) mass is 268 g/mol. The zero-order valence-corrected chi connectivity index (χ0v) is 9.21. The molecule has 0 bridgehead atoms. The van der Waals surface area contributed by atoms with Crippen LogP contribution in [0.3, 0.4) is 0 Å². The van der Waals surface area contributed by atoms with Crippen molar-refractivity contribution in [3.8, 4) is 11.6 Å². The van der Waals surface area contributed by atoms with Crippen molar-refractivity contribution < 1.29 is 18.4 Å². The lowest BCUT2D eigenvalue weighted by Crippen LogP contribution is -1.98. The van der Waals surface area contributed by atoms with E-state index in [2.05, 4.69) is 9.97 Å². The van der Waals surface area contributed by atoms with Crippen molar-refractivity contribution in [1.29, 1.82) is 0 Å². The molecule has 2 aromatic rings. The third-order valence-corrected chi connectivity index (χ3v) is 2.06. The molecule has 0 fully saturated rings. The van der Waals surface area contributed by atoms with Crippen molar-refractivity contribution >= 4 is 11.5 Å². The molecule has 0 aliphatic carbocycles. The van der Waals surface area contributed by atoms with Gasteiger partial charge in [0.1, 0.15) is 5.82 Å². The number of hydrogen-bond donors (Lipinski definition) is 1. The summed E-state index contributed by atoms with van der Waals surface area (Å²) in [4.78, 5) is 16.7. The van der Waals surface area contributed by atoms with Gasteiger partial charge in [-0.2, -0.15) is 4.39 Å². The van der Waals surface area contributed by atoms with Crippen molar-refractivity contribution in [3.63, 3.8) is 0 Å². The molecule has 9 heteroatoms. The highest BCUT2D eigenvalue weighted by Crippen LogP contribution is 2.29. The van der Waals surface area contributed by atoms with E-state index < -0.39 is 28.0 Å². The molecule has 19 heavy (non-hydrogen) atoms. The number of nitro benzene ring substituents is 1. The first-order chi connectivity index (χ1) is 8.97. The van der Waals surface area contributed by atoms with Crippen molar-refractivity contribution in [2.75, 3.05) is 5.73 Å². The number of hydrogen-bond acceptors (Lipinski definition) is 6. The fourth-order valence-corrected chi connectivity index (χ4v) is 1.23. The SMILES string of the molecule is Nc1cnc(Oc2cc(F)c([N+](=O)[O-])cc2F)cn1. The van der Waals surface area contributed by atoms with Gasteiger partial charge < -0.3 is 10.5 Å². The van der Waals surface area contributed by atoms with Gasteiger partial charge in [0.05, 0.1) is 23.4 Å². The van der Waals surface area contributed by atoms with E-state index in [0.29, 0.717) is 12.1 Å². The van der Waals surface area contributed by atoms with Gasteiger partial charge in [0.2, 0.25) is 11.7 Å². The van der Waals surface area contributed by atoms with Crippen molar-refractivity contribution in [1.82, 2.24) is 9.97 Å². The molecule has 7 nitrogen and oxygen atoms in total. The highest BCUT2D eigenvalue weighted by atomic mass is 19.1. The second kappa shape index (κ2) is 4.80. The molecule has 2 rings (SSSR count). The zero-order valence-electron chi connectivity index (χ0n) is 9.21. The van der Waals surface area contributed by atoms with Crippen LogP contribution in [-0.4, -0.2) is 14.9 Å². The fraction of sp³-hybridized carbons (Fsp3) is 0. The minimum absolute atomic E-state index is 0.124. The first-order valence-electron chi connectivity index (χ1n) is 4.86. The van der Waals surface area contributed by atoms with Crippen LogP contribution in [0.1, 0.15) is 0 Å². The van der Waals surface area contributed by atoms with E-state index >= 15 is 0 Å². The molecule has 0 spiro atoms. The fourth-order valence-electron chi connectivity index (χ4n) is 1.23. The van der Waals surface area contributed by atoms with Crippen LogP contribution in [0.25, 0.3) is 0 Å². The summed E-state index contributed by atoms with van der Waals surface area (Å²) in [5.74, 6) is -2.84. The van der Waals surface area contributed by atoms with E-state index in [-0.39, 0.29) is 11.7 Å². The van der Waals surface area contributed by atoms with E-state index in [9.17, 15) is 18.9 Å². The summed E-state index contributed by atoms with van der Waals surface area (Å²) in [6.45, 7) is 0. The van der Waals surface area contributed by atoms with Gasteiger partial charge in [0.25, 0.3) is 0 Å². The van der Waals surface area contributed by atoms with E-state index in [1.165, 1.54) is 0 Å². The van der Waals surface area contributed by atoms with Crippen molar-refractivity contribution in [2.45, 2.75) is 0 Å². The molecule has 0 saturated carbocycles. The van der Waals surface area contributed by atoms with E-state index in [4.69, 9.17) is 10.5 Å². The summed E-state index contributed by atoms with van der Waals surface area (Å²) in [6, 6.07) is 0.987. The predicted octanol–water partition coefficient (Wildman–Crippen LogP) is 2.04. The van der Waals surface area contributed by atoms with Gasteiger partial charge in [-0.15, -0.1) is 0 Å². The number of ether oxygens (including phenoxy) is 1. The van der Waals surface area contributed by atoms with Gasteiger partial charge in [0, 0.05) is 6.07 Å². The maximum atomic E-state index is 13.5. The number of nitrogen functional groups attached to an aromatic ring is 1. The molecule has 1 aromatic carbocycles. The molecule has 0 unspecified atom stereocenters. The van der Waals surface area contributed by atoms with E-state index in [1.807, 2.05) is 0 Å². The van der Waals surface area contributed by atoms with Crippen LogP contribution in [0.15, 0.2) is 24.5 Å². The number of nitrogens with two attached hydrogens (primary N) is 1. The predicted molar refractivity (Wildman–Crippen MR) is 59.5 cm³/mol. The van der Waals surface area contributed by atoms with Crippen LogP contribution < -0.4 is 10.5 Å². The van der Waals surface area contributed by atoms with Crippen LogP contribution in [0.4, 0.5) is 20.3 Å². The van der Waals surface area contributed by atoms with Crippen LogP contribution in [-0.2, 0) is 0 Å². The Morgan fingerprint density at radius 2 is 1.95 bits per heavy atom. The Bertz CT molecular complexity index is 633. The lowest BCUT2D eigenvalue weighted by atomic mass is 10.3. The lowest BCUT2D eigenvalue weighted by Gasteiger charge is -2.05. The molecular formula is C10H6F2N4O3. The van der Waals surface area contributed by atoms with Gasteiger partial charge in [-0.25, -0.2) is 14.4 Å². The maximum Gasteiger partial charge on any atom is 0.307 e. The zero-order chi connectivity index (χ0) is 14.0. The molecule has 1 aromatic heterocycles. The quantitative estimate of drug-likeness (QED) is 0.674. The Kier molecular flexibility index (Phi) is 3.19. The molecule has 0 amide bonds. The number of nitro groups is 1. The summed E-state index contributed by atoms with van der Waals surface area (Å²) >= 11 is 0. The van der Waals surface area contributed by atoms with Crippen LogP contribution in [0.2, 0.25) is 0 Å². The van der Waals surface area contributed by atoms with E-state index in [0.717, 1.165) is 12.4 Å². The van der Waals surface area contributed by atoms with Gasteiger partial charge >= 0.3 is 5.69 Å². The Morgan fingerprint density at radius 1 is 1.21 bits per heavy atom. The van der Waals surface area contributed by atoms with Crippen LogP contribution in [0, 0.1) is 21.7 Å². The Hall–Kier alpha value is -2.84. The molecule has 0 radical (unpaired) electrons. The number of nitrogens with zero attached hydrogens (tertiary/aromatic N) is 3. The maximum absolute atomic E-state index is 13.5. The Labute approximate surface area is 104 Å². The molecule has 0 atom stereocenters. The number of halogens is 2. The minimum atomic E-state index is -1.22. The summed E-state index contributed by atoms with van der Waals surface area (Å²) in [7, 11) is 0. The Balaban J connectivity index is 2.33. The van der Waals surface area contributed by atoms with Crippen LogP contribution in [0.5, 0.6) is 11.6 Å². The summed E-state index contributed by atoms with van der Waals surface area (Å²) < 4.78 is 31.7. The van der Waals surface area contributed by atoms with Gasteiger partial charge in [0.15, 0.2) is 11.6 Å². The highest BCUT2D eigenvalue weighted by Gasteiger charge is 2.19. The average molecular weight is 268 g/mol. The van der Waals surface area contributed by atoms with Gasteiger partial charge in [-0.3, -0.25) is 10.1 Å². The third kappa shape index (κ3) is 2.70. The Morgan fingerprint density at radius 3 is 2.53 bits per heavy atom. The molecular weight excluding hydrogens is 262 g/mol. The summed E-state index contributed by atoms with van der Waals surface area (Å²) in [6.07, 6.45) is 2.27. The second-order valence-corrected chi connectivity index (χ2v) is 3.37.